The molecule has 3 aliphatic heterocycles. The molecule has 0 radical (unpaired) electrons. The first-order valence-corrected chi connectivity index (χ1v) is 25.4. The molecule has 388 valence electrons. The lowest BCUT2D eigenvalue weighted by molar-refractivity contribution is -0.265. The number of Topliss-reactive ketones (excluding diaryl/α,β-unsaturated/α-hetero) is 3. The number of allylic oxidation sites excluding steroid dienone is 6. The number of fused-ring (bicyclic) bond motifs is 3. The third-order valence-electron chi connectivity index (χ3n) is 15.0. The SMILES string of the molecule is CCC(=O)O[C@@H]1CC[C@@H](C[C@@H](C)[C@@H]2CC(=O)[C@H](C)/C=C(\C)[C@@H](O)[C@@H](OC)C(=O)[C@H](C)C[C@H](C)/C=C/C=C/C=C(\C)C(OC)C[C@@H]3CC[C@@H](C)[C@@](O)(O3)C(=O)C(=O)N3CCCC[C@H]3C(=O)O2)C[C@H]1OC. The number of hydrogen-bond acceptors (Lipinski definition) is 14. The van der Waals surface area contributed by atoms with Crippen LogP contribution in [0.15, 0.2) is 47.6 Å². The summed E-state index contributed by atoms with van der Waals surface area (Å²) >= 11 is 0. The fraction of sp³-hybridized carbons (Fsp3) is 0.741. The van der Waals surface area contributed by atoms with Crippen molar-refractivity contribution >= 4 is 35.2 Å². The van der Waals surface area contributed by atoms with Gasteiger partial charge in [-0.05, 0) is 107 Å². The van der Waals surface area contributed by atoms with Crippen LogP contribution in [0.5, 0.6) is 0 Å². The number of carbonyl (C=O) groups is 6. The van der Waals surface area contributed by atoms with E-state index in [1.54, 1.807) is 48.0 Å². The molecule has 15 atom stereocenters. The van der Waals surface area contributed by atoms with Crippen molar-refractivity contribution in [1.82, 2.24) is 4.90 Å². The van der Waals surface area contributed by atoms with E-state index >= 15 is 0 Å². The van der Waals surface area contributed by atoms with Gasteiger partial charge in [-0.15, -0.1) is 0 Å². The smallest absolute Gasteiger partial charge is 0.329 e. The molecule has 2 bridgehead atoms. The Morgan fingerprint density at radius 1 is 0.870 bits per heavy atom. The Morgan fingerprint density at radius 2 is 1.59 bits per heavy atom. The van der Waals surface area contributed by atoms with E-state index in [0.717, 1.165) is 5.57 Å². The topological polar surface area (TPSA) is 201 Å². The Bertz CT molecular complexity index is 1890. The number of nitrogens with zero attached hydrogens (tertiary/aromatic N) is 1. The van der Waals surface area contributed by atoms with E-state index in [1.165, 1.54) is 12.0 Å². The molecular weight excluding hydrogens is 887 g/mol. The molecule has 1 amide bonds. The van der Waals surface area contributed by atoms with Crippen molar-refractivity contribution in [3.63, 3.8) is 0 Å². The fourth-order valence-corrected chi connectivity index (χ4v) is 10.5. The van der Waals surface area contributed by atoms with Crippen LogP contribution in [0.2, 0.25) is 0 Å². The summed E-state index contributed by atoms with van der Waals surface area (Å²) in [6, 6.07) is -1.16. The van der Waals surface area contributed by atoms with Crippen LogP contribution in [-0.4, -0.2) is 133 Å². The van der Waals surface area contributed by atoms with Gasteiger partial charge >= 0.3 is 11.9 Å². The molecule has 3 heterocycles. The molecule has 4 rings (SSSR count). The summed E-state index contributed by atoms with van der Waals surface area (Å²) < 4.78 is 35.3. The van der Waals surface area contributed by atoms with Gasteiger partial charge in [0.25, 0.3) is 11.7 Å². The maximum atomic E-state index is 14.5. The molecular formula is C54H83NO14. The van der Waals surface area contributed by atoms with Crippen LogP contribution in [0.4, 0.5) is 0 Å². The number of esters is 2. The number of aliphatic hydroxyl groups excluding tert-OH is 1. The van der Waals surface area contributed by atoms with Gasteiger partial charge in [0.1, 0.15) is 36.2 Å². The number of rotatable bonds is 8. The highest BCUT2D eigenvalue weighted by Crippen LogP contribution is 2.38. The van der Waals surface area contributed by atoms with Gasteiger partial charge in [0.2, 0.25) is 5.79 Å². The quantitative estimate of drug-likeness (QED) is 0.141. The Labute approximate surface area is 410 Å². The maximum absolute atomic E-state index is 14.5. The van der Waals surface area contributed by atoms with Crippen molar-refractivity contribution < 1.29 is 67.4 Å². The van der Waals surface area contributed by atoms with E-state index in [0.29, 0.717) is 69.8 Å². The third kappa shape index (κ3) is 15.6. The highest BCUT2D eigenvalue weighted by atomic mass is 16.6. The molecule has 1 saturated carbocycles. The molecule has 15 heteroatoms. The molecule has 2 N–H and O–H groups in total. The standard InChI is InChI=1S/C54H83NO14/c1-12-47(57)67-43-24-22-39(29-46(43)65-10)28-35(5)45-31-42(56)34(4)27-37(7)49(59)50(66-11)48(58)36(6)26-32(2)18-14-13-15-19-33(3)44(64-9)30-40-23-21-38(8)54(63,69-40)51(60)52(61)55-25-17-16-20-41(55)53(62)68-45/h13-15,18-19,27,32,34-36,38-41,43-46,49-50,59,63H,12,16-17,20-26,28-31H2,1-11H3/b15-13+,18-14+,33-19+,37-27+/t32-,34-,35-,36-,38-,39+,40+,41+,43-,44?,45+,46-,49-,50+,54-/m1/s1. The average Bonchev–Trinajstić information content (AvgIpc) is 3.33. The first kappa shape index (κ1) is 57.7. The van der Waals surface area contributed by atoms with E-state index in [2.05, 4.69) is 0 Å². The number of amides is 1. The van der Waals surface area contributed by atoms with Gasteiger partial charge < -0.3 is 43.5 Å². The molecule has 3 fully saturated rings. The molecule has 1 unspecified atom stereocenters. The van der Waals surface area contributed by atoms with Gasteiger partial charge in [-0.2, -0.15) is 0 Å². The Hall–Kier alpha value is -3.86. The molecule has 4 aliphatic rings. The zero-order valence-corrected chi connectivity index (χ0v) is 43.2. The van der Waals surface area contributed by atoms with Crippen LogP contribution in [-0.2, 0) is 57.2 Å². The second-order valence-corrected chi connectivity index (χ2v) is 20.4. The summed E-state index contributed by atoms with van der Waals surface area (Å²) in [6.45, 7) is 14.4. The molecule has 0 spiro atoms. The van der Waals surface area contributed by atoms with Crippen LogP contribution in [0.25, 0.3) is 0 Å². The van der Waals surface area contributed by atoms with Crippen molar-refractivity contribution in [2.24, 2.45) is 35.5 Å². The van der Waals surface area contributed by atoms with Gasteiger partial charge in [0.15, 0.2) is 5.78 Å². The van der Waals surface area contributed by atoms with Crippen LogP contribution in [0.1, 0.15) is 139 Å². The van der Waals surface area contributed by atoms with Crippen molar-refractivity contribution in [1.29, 1.82) is 0 Å². The zero-order valence-electron chi connectivity index (χ0n) is 43.2. The van der Waals surface area contributed by atoms with Crippen LogP contribution >= 0.6 is 0 Å². The lowest BCUT2D eigenvalue weighted by atomic mass is 9.78. The van der Waals surface area contributed by atoms with Crippen molar-refractivity contribution in [2.45, 2.75) is 193 Å². The van der Waals surface area contributed by atoms with Crippen LogP contribution in [0, 0.1) is 35.5 Å². The van der Waals surface area contributed by atoms with Gasteiger partial charge in [-0.25, -0.2) is 4.79 Å². The zero-order chi connectivity index (χ0) is 51.2. The Morgan fingerprint density at radius 3 is 2.26 bits per heavy atom. The summed E-state index contributed by atoms with van der Waals surface area (Å²) in [7, 11) is 4.53. The summed E-state index contributed by atoms with van der Waals surface area (Å²) in [6.07, 6.45) is 11.4. The van der Waals surface area contributed by atoms with E-state index in [4.69, 9.17) is 28.4 Å². The number of hydrogen-bond donors (Lipinski definition) is 2. The summed E-state index contributed by atoms with van der Waals surface area (Å²) in [4.78, 5) is 84.4. The fourth-order valence-electron chi connectivity index (χ4n) is 10.5. The third-order valence-corrected chi connectivity index (χ3v) is 15.0. The lowest BCUT2D eigenvalue weighted by Crippen LogP contribution is -2.61. The van der Waals surface area contributed by atoms with Crippen molar-refractivity contribution in [2.75, 3.05) is 27.9 Å². The molecule has 15 nitrogen and oxygen atoms in total. The predicted molar refractivity (Wildman–Crippen MR) is 259 cm³/mol. The molecule has 0 aromatic rings. The van der Waals surface area contributed by atoms with Gasteiger partial charge in [-0.3, -0.25) is 24.0 Å². The number of methoxy groups -OCH3 is 3. The Balaban J connectivity index is 1.70. The lowest BCUT2D eigenvalue weighted by Gasteiger charge is -2.42. The number of ether oxygens (including phenoxy) is 6. The molecule has 69 heavy (non-hydrogen) atoms. The highest BCUT2D eigenvalue weighted by Gasteiger charge is 2.53. The van der Waals surface area contributed by atoms with E-state index in [9.17, 15) is 39.0 Å². The van der Waals surface area contributed by atoms with Crippen molar-refractivity contribution in [3.8, 4) is 0 Å². The monoisotopic (exact) mass is 970 g/mol. The summed E-state index contributed by atoms with van der Waals surface area (Å²) in [5.74, 6) is -8.45. The van der Waals surface area contributed by atoms with E-state index in [-0.39, 0.29) is 73.3 Å². The number of carbonyl (C=O) groups excluding carboxylic acids is 6. The molecule has 0 aromatic heterocycles. The van der Waals surface area contributed by atoms with Gasteiger partial charge in [0, 0.05) is 64.9 Å². The first-order chi connectivity index (χ1) is 32.7. The van der Waals surface area contributed by atoms with Crippen molar-refractivity contribution in [3.05, 3.63) is 47.6 Å². The first-order valence-electron chi connectivity index (χ1n) is 25.4. The molecule has 1 aliphatic carbocycles. The van der Waals surface area contributed by atoms with Gasteiger partial charge in [-0.1, -0.05) is 78.0 Å². The number of ketones is 3. The predicted octanol–water partition coefficient (Wildman–Crippen LogP) is 7.14. The van der Waals surface area contributed by atoms with Crippen LogP contribution in [0.3, 0.4) is 0 Å². The second-order valence-electron chi connectivity index (χ2n) is 20.4. The maximum Gasteiger partial charge on any atom is 0.329 e. The Kier molecular flexibility index (Phi) is 22.7. The minimum absolute atomic E-state index is 0.0108. The van der Waals surface area contributed by atoms with E-state index in [1.807, 2.05) is 58.1 Å². The normalized spacial score (nSPS) is 38.7. The highest BCUT2D eigenvalue weighted by molar-refractivity contribution is 6.39. The molecule has 2 saturated heterocycles. The second kappa shape index (κ2) is 27.1. The summed E-state index contributed by atoms with van der Waals surface area (Å²) in [5, 5.41) is 23.5. The minimum atomic E-state index is -2.44. The minimum Gasteiger partial charge on any atom is -0.460 e. The number of aliphatic hydroxyl groups is 2. The van der Waals surface area contributed by atoms with Gasteiger partial charge in [0.05, 0.1) is 18.3 Å². The molecule has 0 aromatic carbocycles. The van der Waals surface area contributed by atoms with E-state index < -0.39 is 77.8 Å². The summed E-state index contributed by atoms with van der Waals surface area (Å²) in [5.41, 5.74) is 1.25. The largest absolute Gasteiger partial charge is 0.460 e. The van der Waals surface area contributed by atoms with Crippen LogP contribution < -0.4 is 0 Å². The number of piperidine rings is 1. The average molecular weight is 970 g/mol. The number of cyclic esters (lactones) is 1.